The second-order valence-electron chi connectivity index (χ2n) is 1.24. The first-order chi connectivity index (χ1) is 2.73. The average Bonchev–Trinajstić information content (AvgIpc) is 1.41. The fraction of sp³-hybridized carbons (Fsp3) is 1.00. The normalized spacial score (nSPS) is 7.00. The van der Waals surface area contributed by atoms with Gasteiger partial charge >= 0.3 is 0 Å². The van der Waals surface area contributed by atoms with Crippen LogP contribution in [0.25, 0.3) is 0 Å². The van der Waals surface area contributed by atoms with Gasteiger partial charge in [0.05, 0.1) is 0 Å². The quantitative estimate of drug-likeness (QED) is 0.448. The molecule has 0 rings (SSSR count). The summed E-state index contributed by atoms with van der Waals surface area (Å²) in [6.07, 6.45) is 0. The van der Waals surface area contributed by atoms with Crippen molar-refractivity contribution >= 4 is 0 Å². The van der Waals surface area contributed by atoms with Crippen LogP contribution in [0.3, 0.4) is 0 Å². The van der Waals surface area contributed by atoms with E-state index in [0.717, 1.165) is 0 Å². The second kappa shape index (κ2) is 8.87. The molecule has 2 heteroatoms. The van der Waals surface area contributed by atoms with Crippen molar-refractivity contribution in [3.63, 3.8) is 0 Å². The summed E-state index contributed by atoms with van der Waals surface area (Å²) in [6, 6.07) is 0.333. The van der Waals surface area contributed by atoms with Gasteiger partial charge in [0.2, 0.25) is 0 Å². The zero-order valence-electron chi connectivity index (χ0n) is 4.73. The van der Waals surface area contributed by atoms with Gasteiger partial charge in [0.15, 0.2) is 0 Å². The minimum absolute atomic E-state index is 0. The van der Waals surface area contributed by atoms with Gasteiger partial charge in [0.1, 0.15) is 0 Å². The summed E-state index contributed by atoms with van der Waals surface area (Å²) in [5.41, 5.74) is 9.61. The summed E-state index contributed by atoms with van der Waals surface area (Å²) in [7, 11) is 1.50. The van der Waals surface area contributed by atoms with Crippen LogP contribution in [0.15, 0.2) is 0 Å². The van der Waals surface area contributed by atoms with Crippen molar-refractivity contribution in [2.24, 2.45) is 11.5 Å². The molecule has 0 radical (unpaired) electrons. The van der Waals surface area contributed by atoms with Crippen LogP contribution in [0.5, 0.6) is 0 Å². The van der Waals surface area contributed by atoms with Crippen molar-refractivity contribution < 1.29 is 1.43 Å². The third-order valence-corrected chi connectivity index (χ3v) is 0. The predicted octanol–water partition coefficient (Wildman–Crippen LogP) is 0.174. The molecule has 0 aliphatic rings. The zero-order chi connectivity index (χ0) is 5.58. The van der Waals surface area contributed by atoms with Crippen LogP contribution >= 0.6 is 0 Å². The Hall–Kier alpha value is -0.0800. The van der Waals surface area contributed by atoms with E-state index >= 15 is 0 Å². The van der Waals surface area contributed by atoms with Gasteiger partial charge in [0, 0.05) is 1.43 Å². The van der Waals surface area contributed by atoms with Crippen molar-refractivity contribution in [3.8, 4) is 0 Å². The summed E-state index contributed by atoms with van der Waals surface area (Å²) in [6.45, 7) is 3.89. The molecule has 6 heavy (non-hydrogen) atoms. The molecule has 0 aromatic carbocycles. The lowest BCUT2D eigenvalue weighted by atomic mass is 10.5. The molecule has 0 saturated heterocycles. The molecule has 4 N–H and O–H groups in total. The highest BCUT2D eigenvalue weighted by molar-refractivity contribution is 4.32. The summed E-state index contributed by atoms with van der Waals surface area (Å²) in [5, 5.41) is 0. The molecular formula is C4H16N2. The smallest absolute Gasteiger partial charge is 0 e. The predicted molar refractivity (Wildman–Crippen MR) is 31.5 cm³/mol. The van der Waals surface area contributed by atoms with Crippen molar-refractivity contribution in [1.29, 1.82) is 0 Å². The first kappa shape index (κ1) is 9.33. The van der Waals surface area contributed by atoms with Crippen LogP contribution in [0, 0.1) is 0 Å². The second-order valence-corrected chi connectivity index (χ2v) is 1.24. The van der Waals surface area contributed by atoms with Gasteiger partial charge < -0.3 is 11.5 Å². The molecule has 2 nitrogen and oxygen atoms in total. The average molecular weight is 93.2 g/mol. The van der Waals surface area contributed by atoms with Crippen LogP contribution in [-0.4, -0.2) is 13.1 Å². The lowest BCUT2D eigenvalue weighted by Crippen LogP contribution is -2.06. The standard InChI is InChI=1S/C3H9N.CH5N.H2/c1-3(2)4;1-2;/h3H,4H2,1-2H3;2H2,1H3;1H/i;;1+1. The Bertz CT molecular complexity index is 14.4. The Morgan fingerprint density at radius 1 is 1.33 bits per heavy atom. The first-order valence-corrected chi connectivity index (χ1v) is 2.07. The number of rotatable bonds is 0. The molecule has 0 aliphatic carbocycles. The Labute approximate surface area is 41.0 Å². The van der Waals surface area contributed by atoms with Gasteiger partial charge in [0.25, 0.3) is 0 Å². The molecule has 0 unspecified atom stereocenters. The van der Waals surface area contributed by atoms with E-state index in [4.69, 9.17) is 5.73 Å². The van der Waals surface area contributed by atoms with Gasteiger partial charge in [-0.2, -0.15) is 0 Å². The lowest BCUT2D eigenvalue weighted by Gasteiger charge is -1.81. The van der Waals surface area contributed by atoms with Crippen LogP contribution in [0.1, 0.15) is 15.3 Å². The van der Waals surface area contributed by atoms with Crippen LogP contribution in [-0.2, 0) is 0 Å². The van der Waals surface area contributed by atoms with Gasteiger partial charge in [-0.15, -0.1) is 0 Å². The third-order valence-electron chi connectivity index (χ3n) is 0. The maximum Gasteiger partial charge on any atom is 0 e. The molecule has 0 heterocycles. The minimum Gasteiger partial charge on any atom is -0.333 e. The summed E-state index contributed by atoms with van der Waals surface area (Å²) < 4.78 is 0. The van der Waals surface area contributed by atoms with Crippen molar-refractivity contribution in [2.45, 2.75) is 19.9 Å². The number of hydrogen-bond acceptors (Lipinski definition) is 2. The van der Waals surface area contributed by atoms with Crippen LogP contribution in [0.2, 0.25) is 0 Å². The highest BCUT2D eigenvalue weighted by atomic mass is 14.6. The van der Waals surface area contributed by atoms with Crippen molar-refractivity contribution in [3.05, 3.63) is 0 Å². The summed E-state index contributed by atoms with van der Waals surface area (Å²) in [5.74, 6) is 0. The molecule has 0 saturated carbocycles. The number of hydrogen-bond donors (Lipinski definition) is 2. The Balaban J connectivity index is -0.0000000480. The fourth-order valence-corrected chi connectivity index (χ4v) is 0. The molecule has 0 aromatic heterocycles. The maximum atomic E-state index is 5.11. The largest absolute Gasteiger partial charge is 0.333 e. The maximum absolute atomic E-state index is 5.11. The minimum atomic E-state index is 0. The fourth-order valence-electron chi connectivity index (χ4n) is 0. The highest BCUT2D eigenvalue weighted by Gasteiger charge is 1.67. The van der Waals surface area contributed by atoms with E-state index in [9.17, 15) is 0 Å². The van der Waals surface area contributed by atoms with E-state index < -0.39 is 0 Å². The molecule has 0 fully saturated rings. The molecule has 0 bridgehead atoms. The van der Waals surface area contributed by atoms with E-state index in [1.807, 2.05) is 13.8 Å². The number of nitrogens with two attached hydrogens (primary N) is 2. The summed E-state index contributed by atoms with van der Waals surface area (Å²) in [4.78, 5) is 0. The van der Waals surface area contributed by atoms with E-state index in [2.05, 4.69) is 5.73 Å². The molecule has 0 aliphatic heterocycles. The Morgan fingerprint density at radius 3 is 1.33 bits per heavy atom. The first-order valence-electron chi connectivity index (χ1n) is 2.07. The van der Waals surface area contributed by atoms with E-state index in [-0.39, 0.29) is 1.43 Å². The van der Waals surface area contributed by atoms with E-state index in [1.54, 1.807) is 0 Å². The molecule has 42 valence electrons. The van der Waals surface area contributed by atoms with Gasteiger partial charge in [-0.05, 0) is 13.1 Å². The van der Waals surface area contributed by atoms with Crippen molar-refractivity contribution in [1.82, 2.24) is 0 Å². The summed E-state index contributed by atoms with van der Waals surface area (Å²) >= 11 is 0. The van der Waals surface area contributed by atoms with E-state index in [0.29, 0.717) is 6.04 Å². The molecule has 0 aromatic rings. The SMILES string of the molecule is CC(C)N.CN.[2HH]. The molecule has 0 spiro atoms. The van der Waals surface area contributed by atoms with Gasteiger partial charge in [-0.25, -0.2) is 0 Å². The Kier molecular flexibility index (Phi) is 13.8. The third kappa shape index (κ3) is 5220. The van der Waals surface area contributed by atoms with Gasteiger partial charge in [-0.3, -0.25) is 0 Å². The molecule has 0 amide bonds. The van der Waals surface area contributed by atoms with Gasteiger partial charge in [-0.1, -0.05) is 13.8 Å². The Morgan fingerprint density at radius 2 is 1.33 bits per heavy atom. The molecule has 0 atom stereocenters. The van der Waals surface area contributed by atoms with Crippen LogP contribution in [0.4, 0.5) is 0 Å². The van der Waals surface area contributed by atoms with Crippen molar-refractivity contribution in [2.75, 3.05) is 7.05 Å². The zero-order valence-corrected chi connectivity index (χ0v) is 4.73. The topological polar surface area (TPSA) is 52.0 Å². The lowest BCUT2D eigenvalue weighted by molar-refractivity contribution is 0.834. The van der Waals surface area contributed by atoms with E-state index in [1.165, 1.54) is 7.05 Å². The molecular weight excluding hydrogens is 76.1 g/mol. The monoisotopic (exact) mass is 93.1 g/mol. The van der Waals surface area contributed by atoms with Crippen LogP contribution < -0.4 is 11.5 Å². The highest BCUT2D eigenvalue weighted by Crippen LogP contribution is 1.58.